The summed E-state index contributed by atoms with van der Waals surface area (Å²) in [5, 5.41) is 7.48. The van der Waals surface area contributed by atoms with Crippen molar-refractivity contribution in [1.29, 1.82) is 0 Å². The molecule has 1 aromatic rings. The quantitative estimate of drug-likeness (QED) is 0.842. The molecule has 1 aliphatic heterocycles. The van der Waals surface area contributed by atoms with Crippen LogP contribution < -0.4 is 5.32 Å². The molecule has 5 nitrogen and oxygen atoms in total. The fourth-order valence-corrected chi connectivity index (χ4v) is 2.24. The minimum absolute atomic E-state index is 0.0157. The monoisotopic (exact) mass is 236 g/mol. The molecule has 0 aromatic carbocycles. The summed E-state index contributed by atoms with van der Waals surface area (Å²) in [6.07, 6.45) is 5.36. The van der Waals surface area contributed by atoms with Gasteiger partial charge in [-0.1, -0.05) is 13.8 Å². The van der Waals surface area contributed by atoms with Gasteiger partial charge in [-0.15, -0.1) is 0 Å². The number of hydrogen-bond donors (Lipinski definition) is 1. The predicted molar refractivity (Wildman–Crippen MR) is 65.9 cm³/mol. The lowest BCUT2D eigenvalue weighted by atomic mass is 10.0. The Morgan fingerprint density at radius 1 is 1.41 bits per heavy atom. The van der Waals surface area contributed by atoms with E-state index in [1.807, 2.05) is 4.90 Å². The highest BCUT2D eigenvalue weighted by Gasteiger charge is 2.23. The van der Waals surface area contributed by atoms with Crippen molar-refractivity contribution in [1.82, 2.24) is 20.0 Å². The summed E-state index contributed by atoms with van der Waals surface area (Å²) in [4.78, 5) is 13.9. The standard InChI is InChI=1S/C12H20N4O/c1-10(2)14-11-4-8-15(9-5-11)12(17)16-7-3-6-13-16/h3,6-7,10-11,14H,4-5,8-9H2,1-2H3. The summed E-state index contributed by atoms with van der Waals surface area (Å²) in [5.74, 6) is 0. The largest absolute Gasteiger partial charge is 0.344 e. The first-order valence-corrected chi connectivity index (χ1v) is 6.22. The Labute approximate surface area is 102 Å². The molecule has 1 aromatic heterocycles. The fourth-order valence-electron chi connectivity index (χ4n) is 2.24. The number of rotatable bonds is 2. The molecular formula is C12H20N4O. The van der Waals surface area contributed by atoms with Crippen LogP contribution in [0.15, 0.2) is 18.5 Å². The molecule has 0 radical (unpaired) electrons. The maximum Gasteiger partial charge on any atom is 0.344 e. The van der Waals surface area contributed by atoms with Crippen LogP contribution in [0.1, 0.15) is 26.7 Å². The van der Waals surface area contributed by atoms with Gasteiger partial charge in [0.15, 0.2) is 0 Å². The highest BCUT2D eigenvalue weighted by atomic mass is 16.2. The Kier molecular flexibility index (Phi) is 3.78. The van der Waals surface area contributed by atoms with Crippen molar-refractivity contribution in [3.8, 4) is 0 Å². The van der Waals surface area contributed by atoms with Crippen LogP contribution in [0.25, 0.3) is 0 Å². The molecule has 0 bridgehead atoms. The Morgan fingerprint density at radius 3 is 2.65 bits per heavy atom. The van der Waals surface area contributed by atoms with Crippen LogP contribution in [-0.2, 0) is 0 Å². The zero-order valence-electron chi connectivity index (χ0n) is 10.5. The van der Waals surface area contributed by atoms with Gasteiger partial charge in [-0.2, -0.15) is 9.78 Å². The number of likely N-dealkylation sites (tertiary alicyclic amines) is 1. The predicted octanol–water partition coefficient (Wildman–Crippen LogP) is 1.31. The van der Waals surface area contributed by atoms with Crippen molar-refractivity contribution in [2.24, 2.45) is 0 Å². The topological polar surface area (TPSA) is 50.2 Å². The number of piperidine rings is 1. The van der Waals surface area contributed by atoms with Gasteiger partial charge in [0.05, 0.1) is 0 Å². The van der Waals surface area contributed by atoms with Gasteiger partial charge in [0.2, 0.25) is 0 Å². The smallest absolute Gasteiger partial charge is 0.323 e. The first-order chi connectivity index (χ1) is 8.16. The molecular weight excluding hydrogens is 216 g/mol. The van der Waals surface area contributed by atoms with Crippen LogP contribution in [0.2, 0.25) is 0 Å². The Morgan fingerprint density at radius 2 is 2.12 bits per heavy atom. The SMILES string of the molecule is CC(C)NC1CCN(C(=O)n2cccn2)CC1. The van der Waals surface area contributed by atoms with E-state index < -0.39 is 0 Å². The number of aromatic nitrogens is 2. The molecule has 1 amide bonds. The summed E-state index contributed by atoms with van der Waals surface area (Å²) in [5.41, 5.74) is 0. The van der Waals surface area contributed by atoms with E-state index in [1.165, 1.54) is 4.68 Å². The van der Waals surface area contributed by atoms with Crippen molar-refractivity contribution in [3.63, 3.8) is 0 Å². The van der Waals surface area contributed by atoms with Gasteiger partial charge >= 0.3 is 6.03 Å². The van der Waals surface area contributed by atoms with Crippen molar-refractivity contribution < 1.29 is 4.79 Å². The van der Waals surface area contributed by atoms with Crippen molar-refractivity contribution in [3.05, 3.63) is 18.5 Å². The number of hydrogen-bond acceptors (Lipinski definition) is 3. The van der Waals surface area contributed by atoms with Crippen molar-refractivity contribution >= 4 is 6.03 Å². The van der Waals surface area contributed by atoms with Crippen molar-refractivity contribution in [2.75, 3.05) is 13.1 Å². The van der Waals surface area contributed by atoms with E-state index in [2.05, 4.69) is 24.3 Å². The first kappa shape index (κ1) is 12.1. The van der Waals surface area contributed by atoms with Crippen LogP contribution in [0.3, 0.4) is 0 Å². The van der Waals surface area contributed by atoms with Crippen LogP contribution in [0, 0.1) is 0 Å². The lowest BCUT2D eigenvalue weighted by Crippen LogP contribution is -2.47. The molecule has 0 atom stereocenters. The third-order valence-electron chi connectivity index (χ3n) is 3.03. The fraction of sp³-hybridized carbons (Fsp3) is 0.667. The zero-order chi connectivity index (χ0) is 12.3. The molecule has 1 aliphatic rings. The maximum absolute atomic E-state index is 12.0. The molecule has 0 spiro atoms. The molecule has 1 fully saturated rings. The molecule has 2 heterocycles. The van der Waals surface area contributed by atoms with Gasteiger partial charge in [0, 0.05) is 37.6 Å². The molecule has 5 heteroatoms. The minimum Gasteiger partial charge on any atom is -0.323 e. The van der Waals surface area contributed by atoms with E-state index in [0.717, 1.165) is 25.9 Å². The average Bonchev–Trinajstić information content (AvgIpc) is 2.82. The third kappa shape index (κ3) is 3.06. The van der Waals surface area contributed by atoms with E-state index in [-0.39, 0.29) is 6.03 Å². The molecule has 94 valence electrons. The number of amides is 1. The van der Waals surface area contributed by atoms with Gasteiger partial charge < -0.3 is 10.2 Å². The van der Waals surface area contributed by atoms with Crippen LogP contribution in [-0.4, -0.2) is 45.9 Å². The summed E-state index contributed by atoms with van der Waals surface area (Å²) < 4.78 is 1.40. The number of nitrogens with one attached hydrogen (secondary N) is 1. The third-order valence-corrected chi connectivity index (χ3v) is 3.03. The second kappa shape index (κ2) is 5.31. The lowest BCUT2D eigenvalue weighted by Gasteiger charge is -2.33. The number of carbonyl (C=O) groups excluding carboxylic acids is 1. The van der Waals surface area contributed by atoms with Gasteiger partial charge in [0.25, 0.3) is 0 Å². The summed E-state index contributed by atoms with van der Waals surface area (Å²) >= 11 is 0. The van der Waals surface area contributed by atoms with Crippen molar-refractivity contribution in [2.45, 2.75) is 38.8 Å². The first-order valence-electron chi connectivity index (χ1n) is 6.22. The highest BCUT2D eigenvalue weighted by Crippen LogP contribution is 2.12. The molecule has 0 unspecified atom stereocenters. The van der Waals surface area contributed by atoms with Crippen LogP contribution in [0.4, 0.5) is 4.79 Å². The molecule has 1 N–H and O–H groups in total. The highest BCUT2D eigenvalue weighted by molar-refractivity contribution is 5.75. The summed E-state index contributed by atoms with van der Waals surface area (Å²) in [6.45, 7) is 5.93. The summed E-state index contributed by atoms with van der Waals surface area (Å²) in [6, 6.07) is 2.80. The van der Waals surface area contributed by atoms with E-state index in [9.17, 15) is 4.79 Å². The second-order valence-corrected chi connectivity index (χ2v) is 4.82. The van der Waals surface area contributed by atoms with E-state index in [1.54, 1.807) is 18.5 Å². The van der Waals surface area contributed by atoms with Gasteiger partial charge in [-0.3, -0.25) is 0 Å². The van der Waals surface area contributed by atoms with E-state index >= 15 is 0 Å². The Balaban J connectivity index is 1.85. The van der Waals surface area contributed by atoms with Crippen LogP contribution in [0.5, 0.6) is 0 Å². The molecule has 0 aliphatic carbocycles. The average molecular weight is 236 g/mol. The second-order valence-electron chi connectivity index (χ2n) is 4.82. The number of carbonyl (C=O) groups is 1. The summed E-state index contributed by atoms with van der Waals surface area (Å²) in [7, 11) is 0. The van der Waals surface area contributed by atoms with Gasteiger partial charge in [0.1, 0.15) is 0 Å². The number of nitrogens with zero attached hydrogens (tertiary/aromatic N) is 3. The Bertz CT molecular complexity index is 353. The molecule has 0 saturated carbocycles. The normalized spacial score (nSPS) is 17.7. The van der Waals surface area contributed by atoms with Gasteiger partial charge in [-0.05, 0) is 18.9 Å². The molecule has 17 heavy (non-hydrogen) atoms. The zero-order valence-corrected chi connectivity index (χ0v) is 10.5. The van der Waals surface area contributed by atoms with E-state index in [4.69, 9.17) is 0 Å². The van der Waals surface area contributed by atoms with Crippen LogP contribution >= 0.6 is 0 Å². The van der Waals surface area contributed by atoms with E-state index in [0.29, 0.717) is 12.1 Å². The molecule has 2 rings (SSSR count). The van der Waals surface area contributed by atoms with Gasteiger partial charge in [-0.25, -0.2) is 4.79 Å². The lowest BCUT2D eigenvalue weighted by molar-refractivity contribution is 0.173. The maximum atomic E-state index is 12.0. The minimum atomic E-state index is -0.0157. The Hall–Kier alpha value is -1.36. The molecule has 1 saturated heterocycles.